The van der Waals surface area contributed by atoms with Gasteiger partial charge in [-0.15, -0.1) is 17.5 Å². The van der Waals surface area contributed by atoms with Crippen LogP contribution in [-0.2, 0) is 6.42 Å². The topological polar surface area (TPSA) is 56.7 Å². The van der Waals surface area contributed by atoms with Crippen LogP contribution in [0.15, 0.2) is 103 Å². The van der Waals surface area contributed by atoms with Gasteiger partial charge in [0.15, 0.2) is 0 Å². The summed E-state index contributed by atoms with van der Waals surface area (Å²) >= 11 is 0. The molecule has 0 bridgehead atoms. The molecule has 0 aliphatic heterocycles. The lowest BCUT2D eigenvalue weighted by atomic mass is 9.97. The molecule has 0 radical (unpaired) electrons. The van der Waals surface area contributed by atoms with Gasteiger partial charge in [-0.05, 0) is 46.9 Å². The normalized spacial score (nSPS) is 19.2. The SMILES string of the molecule is Cl.NC1(Cc2ccc3ccccc3c2)CC1c1ccc(-n2cc(-c3ccccc3)nn2)cc1. The van der Waals surface area contributed by atoms with Crippen LogP contribution in [0.1, 0.15) is 23.5 Å². The van der Waals surface area contributed by atoms with Crippen LogP contribution >= 0.6 is 12.4 Å². The van der Waals surface area contributed by atoms with Crippen LogP contribution in [0.3, 0.4) is 0 Å². The van der Waals surface area contributed by atoms with Crippen molar-refractivity contribution in [2.24, 2.45) is 5.73 Å². The lowest BCUT2D eigenvalue weighted by Gasteiger charge is -2.13. The van der Waals surface area contributed by atoms with Gasteiger partial charge < -0.3 is 5.73 Å². The molecule has 1 aliphatic rings. The zero-order chi connectivity index (χ0) is 21.5. The first-order valence-corrected chi connectivity index (χ1v) is 11.0. The van der Waals surface area contributed by atoms with E-state index in [-0.39, 0.29) is 17.9 Å². The Balaban J connectivity index is 0.00000228. The zero-order valence-corrected chi connectivity index (χ0v) is 19.0. The Kier molecular flexibility index (Phi) is 5.49. The number of fused-ring (bicyclic) bond motifs is 1. The molecule has 1 heterocycles. The summed E-state index contributed by atoms with van der Waals surface area (Å²) in [6.07, 6.45) is 3.88. The quantitative estimate of drug-likeness (QED) is 0.359. The van der Waals surface area contributed by atoms with Gasteiger partial charge in [0.2, 0.25) is 0 Å². The van der Waals surface area contributed by atoms with E-state index in [0.29, 0.717) is 5.92 Å². The minimum Gasteiger partial charge on any atom is -0.324 e. The minimum absolute atomic E-state index is 0. The highest BCUT2D eigenvalue weighted by Gasteiger charge is 2.51. The Bertz CT molecular complexity index is 1390. The van der Waals surface area contributed by atoms with Gasteiger partial charge in [-0.1, -0.05) is 90.1 Å². The first-order chi connectivity index (χ1) is 15.7. The van der Waals surface area contributed by atoms with Crippen molar-refractivity contribution in [1.29, 1.82) is 0 Å². The van der Waals surface area contributed by atoms with Crippen LogP contribution < -0.4 is 5.73 Å². The maximum absolute atomic E-state index is 6.79. The van der Waals surface area contributed by atoms with Crippen LogP contribution in [0, 0.1) is 0 Å². The van der Waals surface area contributed by atoms with Crippen LogP contribution in [0.2, 0.25) is 0 Å². The van der Waals surface area contributed by atoms with Crippen LogP contribution in [0.25, 0.3) is 27.7 Å². The smallest absolute Gasteiger partial charge is 0.113 e. The molecule has 0 saturated heterocycles. The third kappa shape index (κ3) is 4.15. The third-order valence-corrected chi connectivity index (χ3v) is 6.59. The van der Waals surface area contributed by atoms with Gasteiger partial charge in [0.25, 0.3) is 0 Å². The highest BCUT2D eigenvalue weighted by molar-refractivity contribution is 5.85. The fourth-order valence-corrected chi connectivity index (χ4v) is 4.69. The molecule has 1 saturated carbocycles. The number of nitrogens with zero attached hydrogens (tertiary/aromatic N) is 3. The number of aromatic nitrogens is 3. The summed E-state index contributed by atoms with van der Waals surface area (Å²) in [6, 6.07) is 33.8. The summed E-state index contributed by atoms with van der Waals surface area (Å²) in [4.78, 5) is 0. The minimum atomic E-state index is -0.169. The first kappa shape index (κ1) is 21.4. The van der Waals surface area contributed by atoms with E-state index in [4.69, 9.17) is 5.73 Å². The predicted molar refractivity (Wildman–Crippen MR) is 136 cm³/mol. The lowest BCUT2D eigenvalue weighted by molar-refractivity contribution is 0.646. The highest BCUT2D eigenvalue weighted by atomic mass is 35.5. The molecule has 5 aromatic rings. The van der Waals surface area contributed by atoms with Gasteiger partial charge in [-0.2, -0.15) is 0 Å². The summed E-state index contributed by atoms with van der Waals surface area (Å²) in [7, 11) is 0. The van der Waals surface area contributed by atoms with E-state index in [1.54, 1.807) is 0 Å². The number of nitrogens with two attached hydrogens (primary N) is 1. The molecule has 1 aromatic heterocycles. The van der Waals surface area contributed by atoms with Gasteiger partial charge in [-0.25, -0.2) is 4.68 Å². The molecule has 0 amide bonds. The van der Waals surface area contributed by atoms with Gasteiger partial charge in [0, 0.05) is 17.0 Å². The second-order valence-electron chi connectivity index (χ2n) is 8.85. The summed E-state index contributed by atoms with van der Waals surface area (Å²) in [5.41, 5.74) is 12.2. The Morgan fingerprint density at radius 2 is 1.58 bits per heavy atom. The largest absolute Gasteiger partial charge is 0.324 e. The monoisotopic (exact) mass is 452 g/mol. The van der Waals surface area contributed by atoms with Crippen molar-refractivity contribution in [3.63, 3.8) is 0 Å². The van der Waals surface area contributed by atoms with E-state index in [2.05, 4.69) is 77.0 Å². The van der Waals surface area contributed by atoms with Gasteiger partial charge in [0.05, 0.1) is 11.9 Å². The average molecular weight is 453 g/mol. The Hall–Kier alpha value is -3.47. The van der Waals surface area contributed by atoms with Crippen molar-refractivity contribution in [3.05, 3.63) is 114 Å². The molecule has 2 N–H and O–H groups in total. The summed E-state index contributed by atoms with van der Waals surface area (Å²) in [5.74, 6) is 0.388. The first-order valence-electron chi connectivity index (χ1n) is 11.0. The molecule has 1 fully saturated rings. The molecule has 4 nitrogen and oxygen atoms in total. The number of hydrogen-bond acceptors (Lipinski definition) is 3. The maximum Gasteiger partial charge on any atom is 0.113 e. The van der Waals surface area contributed by atoms with E-state index >= 15 is 0 Å². The van der Waals surface area contributed by atoms with E-state index in [1.165, 1.54) is 21.9 Å². The van der Waals surface area contributed by atoms with E-state index in [9.17, 15) is 0 Å². The Morgan fingerprint density at radius 1 is 0.848 bits per heavy atom. The molecule has 2 unspecified atom stereocenters. The van der Waals surface area contributed by atoms with Crippen molar-refractivity contribution in [1.82, 2.24) is 15.0 Å². The zero-order valence-electron chi connectivity index (χ0n) is 18.1. The van der Waals surface area contributed by atoms with Crippen molar-refractivity contribution >= 4 is 23.2 Å². The molecule has 33 heavy (non-hydrogen) atoms. The number of rotatable bonds is 5. The van der Waals surface area contributed by atoms with Crippen molar-refractivity contribution in [3.8, 4) is 16.9 Å². The maximum atomic E-state index is 6.79. The molecule has 1 aliphatic carbocycles. The van der Waals surface area contributed by atoms with Crippen molar-refractivity contribution in [2.75, 3.05) is 0 Å². The van der Waals surface area contributed by atoms with Crippen molar-refractivity contribution < 1.29 is 0 Å². The predicted octanol–water partition coefficient (Wildman–Crippen LogP) is 5.94. The average Bonchev–Trinajstić information content (AvgIpc) is 3.26. The Morgan fingerprint density at radius 3 is 2.36 bits per heavy atom. The van der Waals surface area contributed by atoms with Gasteiger partial charge in [-0.3, -0.25) is 0 Å². The summed E-state index contributed by atoms with van der Waals surface area (Å²) in [5, 5.41) is 11.2. The molecule has 164 valence electrons. The third-order valence-electron chi connectivity index (χ3n) is 6.59. The summed E-state index contributed by atoms with van der Waals surface area (Å²) in [6.45, 7) is 0. The fourth-order valence-electron chi connectivity index (χ4n) is 4.69. The van der Waals surface area contributed by atoms with E-state index in [1.807, 2.05) is 41.2 Å². The highest BCUT2D eigenvalue weighted by Crippen LogP contribution is 2.51. The van der Waals surface area contributed by atoms with Crippen LogP contribution in [0.4, 0.5) is 0 Å². The number of halogens is 1. The Labute approximate surface area is 199 Å². The van der Waals surface area contributed by atoms with Gasteiger partial charge in [0.1, 0.15) is 5.69 Å². The van der Waals surface area contributed by atoms with Crippen LogP contribution in [-0.4, -0.2) is 20.5 Å². The molecular formula is C28H25ClN4. The molecule has 5 heteroatoms. The van der Waals surface area contributed by atoms with Crippen LogP contribution in [0.5, 0.6) is 0 Å². The van der Waals surface area contributed by atoms with Crippen molar-refractivity contribution in [2.45, 2.75) is 24.3 Å². The fraction of sp³-hybridized carbons (Fsp3) is 0.143. The lowest BCUT2D eigenvalue weighted by Crippen LogP contribution is -2.27. The second-order valence-corrected chi connectivity index (χ2v) is 8.85. The number of hydrogen-bond donors (Lipinski definition) is 1. The molecular weight excluding hydrogens is 428 g/mol. The molecule has 4 aromatic carbocycles. The second kappa shape index (κ2) is 8.47. The number of benzene rings is 4. The summed E-state index contributed by atoms with van der Waals surface area (Å²) < 4.78 is 1.82. The molecule has 0 spiro atoms. The molecule has 6 rings (SSSR count). The van der Waals surface area contributed by atoms with Gasteiger partial charge >= 0.3 is 0 Å². The molecule has 2 atom stereocenters. The van der Waals surface area contributed by atoms with E-state index < -0.39 is 0 Å². The standard InChI is InChI=1S/C28H24N4.ClH/c29-28(17-20-10-11-21-6-4-5-9-24(21)16-20)18-26(28)22-12-14-25(15-13-22)32-19-27(30-31-32)23-7-2-1-3-8-23;/h1-16,19,26H,17-18,29H2;1H. The van der Waals surface area contributed by atoms with E-state index in [0.717, 1.165) is 29.8 Å².